The number of hydrogen-bond donors (Lipinski definition) is 2. The number of nitrogens with one attached hydrogen (secondary N) is 2. The van der Waals surface area contributed by atoms with Crippen LogP contribution in [0.5, 0.6) is 0 Å². The van der Waals surface area contributed by atoms with Crippen LogP contribution in [0.25, 0.3) is 0 Å². The average molecular weight is 542 g/mol. The zero-order valence-electron chi connectivity index (χ0n) is 18.4. The van der Waals surface area contributed by atoms with Crippen molar-refractivity contribution in [3.05, 3.63) is 64.9 Å². The molecule has 0 saturated carbocycles. The summed E-state index contributed by atoms with van der Waals surface area (Å²) < 4.78 is 53.8. The third kappa shape index (κ3) is 5.88. The zero-order chi connectivity index (χ0) is 25.8. The molecule has 14 heteroatoms. The molecule has 1 heterocycles. The first-order chi connectivity index (χ1) is 16.6. The SMILES string of the molecule is CNCCN(C)c1cc(C#N)ccc1Nc1cc(F)c(S(=O)(=O)N(Cl)c2ncc(F)cn2)cc1Cl. The summed E-state index contributed by atoms with van der Waals surface area (Å²) in [6, 6.07) is 8.74. The molecular weight excluding hydrogens is 523 g/mol. The number of hydrogen-bond acceptors (Lipinski definition) is 8. The molecule has 3 aromatic rings. The Bertz CT molecular complexity index is 1370. The van der Waals surface area contributed by atoms with Gasteiger partial charge in [-0.1, -0.05) is 11.6 Å². The molecule has 0 radical (unpaired) electrons. The predicted octanol–water partition coefficient (Wildman–Crippen LogP) is 4.03. The number of sulfonamides is 1. The fraction of sp³-hybridized carbons (Fsp3) is 0.190. The minimum Gasteiger partial charge on any atom is -0.372 e. The van der Waals surface area contributed by atoms with Gasteiger partial charge < -0.3 is 15.5 Å². The lowest BCUT2D eigenvalue weighted by atomic mass is 10.1. The van der Waals surface area contributed by atoms with Crippen LogP contribution in [0.4, 0.5) is 31.8 Å². The number of halogens is 4. The van der Waals surface area contributed by atoms with Crippen LogP contribution < -0.4 is 19.4 Å². The molecule has 184 valence electrons. The van der Waals surface area contributed by atoms with Gasteiger partial charge in [-0.25, -0.2) is 18.7 Å². The molecule has 0 aliphatic heterocycles. The molecule has 1 aromatic heterocycles. The first-order valence-corrected chi connectivity index (χ1v) is 12.1. The highest BCUT2D eigenvalue weighted by atomic mass is 35.5. The van der Waals surface area contributed by atoms with Gasteiger partial charge in [0.05, 0.1) is 46.1 Å². The molecule has 0 bridgehead atoms. The van der Waals surface area contributed by atoms with Crippen LogP contribution in [-0.2, 0) is 10.0 Å². The number of rotatable bonds is 9. The zero-order valence-corrected chi connectivity index (χ0v) is 20.8. The summed E-state index contributed by atoms with van der Waals surface area (Å²) in [7, 11) is -1.05. The highest BCUT2D eigenvalue weighted by molar-refractivity contribution is 7.94. The maximum absolute atomic E-state index is 15.0. The highest BCUT2D eigenvalue weighted by Crippen LogP contribution is 2.36. The van der Waals surface area contributed by atoms with Crippen LogP contribution in [0.3, 0.4) is 0 Å². The van der Waals surface area contributed by atoms with E-state index >= 15 is 0 Å². The van der Waals surface area contributed by atoms with E-state index in [2.05, 4.69) is 26.7 Å². The Morgan fingerprint density at radius 2 is 1.83 bits per heavy atom. The number of anilines is 4. The van der Waals surface area contributed by atoms with E-state index in [0.29, 0.717) is 42.4 Å². The van der Waals surface area contributed by atoms with Crippen molar-refractivity contribution in [2.24, 2.45) is 0 Å². The molecule has 0 unspecified atom stereocenters. The standard InChI is InChI=1S/C21H19Cl2F2N7O2S/c1-27-5-6-31(2)19-7-13(10-26)3-4-17(19)30-18-9-16(25)20(8-15(18)22)35(33,34)32(23)21-28-11-14(24)12-29-21/h3-4,7-9,11-12,27,30H,5-6H2,1-2H3. The smallest absolute Gasteiger partial charge is 0.283 e. The van der Waals surface area contributed by atoms with Gasteiger partial charge in [-0.3, -0.25) is 0 Å². The van der Waals surface area contributed by atoms with Gasteiger partial charge in [0.15, 0.2) is 5.82 Å². The molecule has 0 atom stereocenters. The lowest BCUT2D eigenvalue weighted by Gasteiger charge is -2.24. The summed E-state index contributed by atoms with van der Waals surface area (Å²) in [5.41, 5.74) is 1.66. The van der Waals surface area contributed by atoms with E-state index in [4.69, 9.17) is 23.4 Å². The van der Waals surface area contributed by atoms with E-state index in [9.17, 15) is 22.5 Å². The highest BCUT2D eigenvalue weighted by Gasteiger charge is 2.30. The van der Waals surface area contributed by atoms with E-state index in [-0.39, 0.29) is 14.5 Å². The molecule has 0 fully saturated rings. The monoisotopic (exact) mass is 541 g/mol. The predicted molar refractivity (Wildman–Crippen MR) is 131 cm³/mol. The number of nitriles is 1. The molecule has 35 heavy (non-hydrogen) atoms. The van der Waals surface area contributed by atoms with Gasteiger partial charge in [0.2, 0.25) is 0 Å². The van der Waals surface area contributed by atoms with Crippen molar-refractivity contribution in [3.8, 4) is 6.07 Å². The summed E-state index contributed by atoms with van der Waals surface area (Å²) >= 11 is 12.1. The van der Waals surface area contributed by atoms with Gasteiger partial charge >= 0.3 is 0 Å². The lowest BCUT2D eigenvalue weighted by Crippen LogP contribution is -2.27. The third-order valence-electron chi connectivity index (χ3n) is 4.78. The minimum absolute atomic E-state index is 0.0789. The Morgan fingerprint density at radius 1 is 1.14 bits per heavy atom. The fourth-order valence-electron chi connectivity index (χ4n) is 2.98. The normalized spacial score (nSPS) is 11.1. The Balaban J connectivity index is 1.96. The van der Waals surface area contributed by atoms with Gasteiger partial charge in [-0.05, 0) is 31.3 Å². The first kappa shape index (κ1) is 26.4. The van der Waals surface area contributed by atoms with Crippen molar-refractivity contribution >= 4 is 56.4 Å². The second-order valence-corrected chi connectivity index (χ2v) is 9.88. The van der Waals surface area contributed by atoms with Gasteiger partial charge in [0, 0.05) is 38.0 Å². The summed E-state index contributed by atoms with van der Waals surface area (Å²) in [5, 5.41) is 15.2. The van der Waals surface area contributed by atoms with E-state index in [1.165, 1.54) is 0 Å². The second kappa shape index (κ2) is 11.0. The van der Waals surface area contributed by atoms with E-state index in [1.807, 2.05) is 11.9 Å². The minimum atomic E-state index is -4.68. The lowest BCUT2D eigenvalue weighted by molar-refractivity contribution is 0.567. The second-order valence-electron chi connectivity index (χ2n) is 7.18. The molecule has 0 aliphatic rings. The summed E-state index contributed by atoms with van der Waals surface area (Å²) in [4.78, 5) is 8.03. The maximum atomic E-state index is 15.0. The molecule has 0 amide bonds. The van der Waals surface area contributed by atoms with Crippen molar-refractivity contribution in [1.82, 2.24) is 15.3 Å². The Labute approximate surface area is 211 Å². The summed E-state index contributed by atoms with van der Waals surface area (Å²) in [5.74, 6) is -2.53. The number of nitrogens with zero attached hydrogens (tertiary/aromatic N) is 5. The molecule has 2 N–H and O–H groups in total. The first-order valence-electron chi connectivity index (χ1n) is 9.93. The summed E-state index contributed by atoms with van der Waals surface area (Å²) in [6.07, 6.45) is 1.43. The quantitative estimate of drug-likeness (QED) is 0.390. The van der Waals surface area contributed by atoms with Gasteiger partial charge in [0.25, 0.3) is 16.0 Å². The van der Waals surface area contributed by atoms with Crippen LogP contribution in [0.1, 0.15) is 5.56 Å². The van der Waals surface area contributed by atoms with Crippen LogP contribution in [-0.4, -0.2) is 45.6 Å². The van der Waals surface area contributed by atoms with Crippen LogP contribution in [0, 0.1) is 23.0 Å². The molecule has 3 rings (SSSR count). The molecule has 2 aromatic carbocycles. The van der Waals surface area contributed by atoms with E-state index in [0.717, 1.165) is 12.1 Å². The number of likely N-dealkylation sites (N-methyl/N-ethyl adjacent to an activating group) is 2. The van der Waals surface area contributed by atoms with Crippen LogP contribution >= 0.6 is 23.4 Å². The molecule has 0 aliphatic carbocycles. The Kier molecular flexibility index (Phi) is 8.29. The van der Waals surface area contributed by atoms with Gasteiger partial charge in [0.1, 0.15) is 10.7 Å². The van der Waals surface area contributed by atoms with Gasteiger partial charge in [-0.2, -0.15) is 13.7 Å². The average Bonchev–Trinajstić information content (AvgIpc) is 2.84. The van der Waals surface area contributed by atoms with Gasteiger partial charge in [-0.15, -0.1) is 3.82 Å². The number of benzene rings is 2. The molecule has 0 saturated heterocycles. The van der Waals surface area contributed by atoms with Crippen LogP contribution in [0.2, 0.25) is 5.02 Å². The summed E-state index contributed by atoms with van der Waals surface area (Å²) in [6.45, 7) is 1.28. The largest absolute Gasteiger partial charge is 0.372 e. The topological polar surface area (TPSA) is 114 Å². The number of aromatic nitrogens is 2. The maximum Gasteiger partial charge on any atom is 0.283 e. The van der Waals surface area contributed by atoms with E-state index < -0.39 is 32.5 Å². The molecule has 9 nitrogen and oxygen atoms in total. The third-order valence-corrected chi connectivity index (χ3v) is 7.24. The van der Waals surface area contributed by atoms with Crippen molar-refractivity contribution in [2.45, 2.75) is 4.90 Å². The van der Waals surface area contributed by atoms with Crippen molar-refractivity contribution < 1.29 is 17.2 Å². The fourth-order valence-corrected chi connectivity index (χ4v) is 4.62. The van der Waals surface area contributed by atoms with Crippen molar-refractivity contribution in [3.63, 3.8) is 0 Å². The van der Waals surface area contributed by atoms with Crippen molar-refractivity contribution in [1.29, 1.82) is 5.26 Å². The Morgan fingerprint density at radius 3 is 2.46 bits per heavy atom. The van der Waals surface area contributed by atoms with Crippen molar-refractivity contribution in [2.75, 3.05) is 41.2 Å². The molecular formula is C21H19Cl2F2N7O2S. The molecule has 0 spiro atoms. The van der Waals surface area contributed by atoms with Crippen LogP contribution in [0.15, 0.2) is 47.6 Å². The Hall–Kier alpha value is -3.24. The van der Waals surface area contributed by atoms with E-state index in [1.54, 1.807) is 25.2 Å².